The molecule has 9 nitrogen and oxygen atoms in total. The molecule has 1 heterocycles. The molecule has 0 aliphatic heterocycles. The zero-order valence-corrected chi connectivity index (χ0v) is 23.7. The van der Waals surface area contributed by atoms with Gasteiger partial charge in [-0.3, -0.25) is 4.79 Å². The molecule has 1 unspecified atom stereocenters. The average Bonchev–Trinajstić information content (AvgIpc) is 3.61. The van der Waals surface area contributed by atoms with Gasteiger partial charge in [0.1, 0.15) is 0 Å². The molecule has 1 aliphatic rings. The number of hydrogen-bond donors (Lipinski definition) is 2. The summed E-state index contributed by atoms with van der Waals surface area (Å²) < 4.78 is 47.8. The molecule has 1 aromatic heterocycles. The molecule has 4 rings (SSSR count). The lowest BCUT2D eigenvalue weighted by Crippen LogP contribution is -2.27. The van der Waals surface area contributed by atoms with Crippen LogP contribution in [0.3, 0.4) is 0 Å². The topological polar surface area (TPSA) is 126 Å². The van der Waals surface area contributed by atoms with Crippen LogP contribution in [0.1, 0.15) is 67.9 Å². The Morgan fingerprint density at radius 3 is 2.54 bits per heavy atom. The normalized spacial score (nSPS) is 14.0. The molecule has 1 saturated carbocycles. The standard InChI is InChI=1S/C29H32ClF2N3O6/c1-29(2,3)13-22(40-28(33)37)24-23(25(36)34-14-18-6-4-5-7-19(18)30)35-26(41-24)17-10-11-20(39-27(31)32)21(12-17)38-15-16-8-9-16/h4-7,10-12,16,22,27H,8-9,13-15H2,1-3H3,(H2,33,37)(H,34,36). The largest absolute Gasteiger partial charge is 0.489 e. The van der Waals surface area contributed by atoms with E-state index in [0.717, 1.165) is 12.8 Å². The Morgan fingerprint density at radius 2 is 1.90 bits per heavy atom. The quantitative estimate of drug-likeness (QED) is 0.235. The van der Waals surface area contributed by atoms with Crippen molar-refractivity contribution < 1.29 is 37.0 Å². The Bertz CT molecular complexity index is 1390. The summed E-state index contributed by atoms with van der Waals surface area (Å²) in [5, 5.41) is 3.24. The minimum atomic E-state index is -3.05. The molecular weight excluding hydrogens is 560 g/mol. The first-order valence-electron chi connectivity index (χ1n) is 13.1. The van der Waals surface area contributed by atoms with E-state index in [9.17, 15) is 18.4 Å². The van der Waals surface area contributed by atoms with Crippen molar-refractivity contribution in [3.05, 3.63) is 64.5 Å². The zero-order chi connectivity index (χ0) is 29.7. The fraction of sp³-hybridized carbons (Fsp3) is 0.414. The van der Waals surface area contributed by atoms with E-state index in [-0.39, 0.29) is 47.2 Å². The van der Waals surface area contributed by atoms with E-state index in [1.165, 1.54) is 18.2 Å². The van der Waals surface area contributed by atoms with Crippen molar-refractivity contribution in [1.29, 1.82) is 0 Å². The van der Waals surface area contributed by atoms with Crippen molar-refractivity contribution in [3.8, 4) is 23.0 Å². The van der Waals surface area contributed by atoms with Crippen LogP contribution in [-0.4, -0.2) is 30.2 Å². The number of halogens is 3. The number of carbonyl (C=O) groups is 2. The summed E-state index contributed by atoms with van der Waals surface area (Å²) in [5.74, 6) is -0.350. The van der Waals surface area contributed by atoms with Gasteiger partial charge in [-0.2, -0.15) is 8.78 Å². The Labute approximate surface area is 241 Å². The Hall–Kier alpha value is -3.86. The number of aromatic nitrogens is 1. The van der Waals surface area contributed by atoms with Gasteiger partial charge in [-0.15, -0.1) is 0 Å². The molecule has 0 saturated heterocycles. The maximum absolute atomic E-state index is 13.4. The lowest BCUT2D eigenvalue weighted by Gasteiger charge is -2.24. The molecule has 0 spiro atoms. The summed E-state index contributed by atoms with van der Waals surface area (Å²) in [7, 11) is 0. The van der Waals surface area contributed by atoms with Crippen molar-refractivity contribution >= 4 is 23.6 Å². The lowest BCUT2D eigenvalue weighted by atomic mass is 9.88. The van der Waals surface area contributed by atoms with Crippen LogP contribution < -0.4 is 20.5 Å². The average molecular weight is 592 g/mol. The second-order valence-electron chi connectivity index (χ2n) is 11.0. The van der Waals surface area contributed by atoms with Gasteiger partial charge in [0, 0.05) is 17.1 Å². The third-order valence-electron chi connectivity index (χ3n) is 6.19. The van der Waals surface area contributed by atoms with Crippen LogP contribution in [0.15, 0.2) is 46.9 Å². The summed E-state index contributed by atoms with van der Waals surface area (Å²) in [6, 6.07) is 11.3. The van der Waals surface area contributed by atoms with Crippen molar-refractivity contribution in [3.63, 3.8) is 0 Å². The monoisotopic (exact) mass is 591 g/mol. The minimum Gasteiger partial charge on any atom is -0.489 e. The van der Waals surface area contributed by atoms with Gasteiger partial charge in [0.05, 0.1) is 6.61 Å². The SMILES string of the molecule is CC(C)(C)CC(OC(N)=O)c1oc(-c2ccc(OC(F)F)c(OCC3CC3)c2)nc1C(=O)NCc1ccccc1Cl. The van der Waals surface area contributed by atoms with E-state index < -0.39 is 24.7 Å². The third-order valence-corrected chi connectivity index (χ3v) is 6.56. The van der Waals surface area contributed by atoms with Crippen LogP contribution in [0.2, 0.25) is 5.02 Å². The van der Waals surface area contributed by atoms with Crippen molar-refractivity contribution in [1.82, 2.24) is 10.3 Å². The van der Waals surface area contributed by atoms with Gasteiger partial charge in [-0.25, -0.2) is 9.78 Å². The number of rotatable bonds is 12. The van der Waals surface area contributed by atoms with Crippen LogP contribution in [-0.2, 0) is 11.3 Å². The van der Waals surface area contributed by atoms with Crippen LogP contribution in [0, 0.1) is 11.3 Å². The van der Waals surface area contributed by atoms with E-state index in [1.807, 2.05) is 20.8 Å². The van der Waals surface area contributed by atoms with E-state index in [0.29, 0.717) is 28.7 Å². The Balaban J connectivity index is 1.72. The molecule has 2 aromatic carbocycles. The number of oxazole rings is 1. The fourth-order valence-corrected chi connectivity index (χ4v) is 4.26. The molecule has 1 aliphatic carbocycles. The number of nitrogens with one attached hydrogen (secondary N) is 1. The van der Waals surface area contributed by atoms with E-state index in [1.54, 1.807) is 24.3 Å². The predicted molar refractivity (Wildman–Crippen MR) is 147 cm³/mol. The van der Waals surface area contributed by atoms with Crippen LogP contribution in [0.4, 0.5) is 13.6 Å². The van der Waals surface area contributed by atoms with E-state index in [4.69, 9.17) is 31.2 Å². The highest BCUT2D eigenvalue weighted by Gasteiger charge is 2.33. The molecule has 1 atom stereocenters. The van der Waals surface area contributed by atoms with Crippen LogP contribution in [0.25, 0.3) is 11.5 Å². The van der Waals surface area contributed by atoms with Gasteiger partial charge in [0.2, 0.25) is 5.89 Å². The summed E-state index contributed by atoms with van der Waals surface area (Å²) >= 11 is 6.23. The van der Waals surface area contributed by atoms with Crippen molar-refractivity contribution in [2.75, 3.05) is 6.61 Å². The summed E-state index contributed by atoms with van der Waals surface area (Å²) in [4.78, 5) is 29.6. The molecule has 3 aromatic rings. The number of primary amides is 1. The van der Waals surface area contributed by atoms with Gasteiger partial charge in [-0.05, 0) is 60.4 Å². The number of ether oxygens (including phenoxy) is 3. The number of hydrogen-bond acceptors (Lipinski definition) is 7. The highest BCUT2D eigenvalue weighted by atomic mass is 35.5. The summed E-state index contributed by atoms with van der Waals surface area (Å²) in [5.41, 5.74) is 5.87. The Kier molecular flexibility index (Phi) is 9.37. The molecule has 12 heteroatoms. The van der Waals surface area contributed by atoms with Gasteiger partial charge in [0.25, 0.3) is 5.91 Å². The first-order valence-corrected chi connectivity index (χ1v) is 13.5. The third kappa shape index (κ3) is 8.56. The van der Waals surface area contributed by atoms with Crippen LogP contribution in [0.5, 0.6) is 11.5 Å². The molecule has 0 radical (unpaired) electrons. The van der Waals surface area contributed by atoms with Gasteiger partial charge in [-0.1, -0.05) is 50.6 Å². The number of nitrogens with two attached hydrogens (primary N) is 1. The highest BCUT2D eigenvalue weighted by Crippen LogP contribution is 2.39. The van der Waals surface area contributed by atoms with Gasteiger partial charge in [0.15, 0.2) is 29.1 Å². The zero-order valence-electron chi connectivity index (χ0n) is 22.9. The number of carbonyl (C=O) groups excluding carboxylic acids is 2. The van der Waals surface area contributed by atoms with Crippen molar-refractivity contribution in [2.24, 2.45) is 17.1 Å². The highest BCUT2D eigenvalue weighted by molar-refractivity contribution is 6.31. The fourth-order valence-electron chi connectivity index (χ4n) is 4.06. The first-order chi connectivity index (χ1) is 19.4. The number of amides is 2. The van der Waals surface area contributed by atoms with Crippen LogP contribution >= 0.6 is 11.6 Å². The molecule has 41 heavy (non-hydrogen) atoms. The van der Waals surface area contributed by atoms with Gasteiger partial charge >= 0.3 is 12.7 Å². The number of benzene rings is 2. The molecule has 3 N–H and O–H groups in total. The molecule has 1 fully saturated rings. The smallest absolute Gasteiger partial charge is 0.405 e. The lowest BCUT2D eigenvalue weighted by molar-refractivity contribution is -0.0515. The first kappa shape index (κ1) is 30.1. The maximum Gasteiger partial charge on any atom is 0.405 e. The molecule has 220 valence electrons. The maximum atomic E-state index is 13.4. The second-order valence-corrected chi connectivity index (χ2v) is 11.4. The summed E-state index contributed by atoms with van der Waals surface area (Å²) in [6.45, 7) is 3.16. The van der Waals surface area contributed by atoms with Gasteiger partial charge < -0.3 is 29.7 Å². The van der Waals surface area contributed by atoms with E-state index in [2.05, 4.69) is 15.0 Å². The molecule has 0 bridgehead atoms. The second kappa shape index (κ2) is 12.8. The Morgan fingerprint density at radius 1 is 1.17 bits per heavy atom. The van der Waals surface area contributed by atoms with Crippen molar-refractivity contribution in [2.45, 2.75) is 59.3 Å². The minimum absolute atomic E-state index is 0.0151. The molecular formula is C29H32ClF2N3O6. The predicted octanol–water partition coefficient (Wildman–Crippen LogP) is 6.89. The number of nitrogens with zero attached hydrogens (tertiary/aromatic N) is 1. The van der Waals surface area contributed by atoms with E-state index >= 15 is 0 Å². The number of alkyl halides is 2. The summed E-state index contributed by atoms with van der Waals surface area (Å²) in [6.07, 6.45) is 0.155. The molecule has 2 amide bonds.